The van der Waals surface area contributed by atoms with Crippen molar-refractivity contribution in [2.24, 2.45) is 0 Å². The Morgan fingerprint density at radius 3 is 2.45 bits per heavy atom. The fourth-order valence-electron chi connectivity index (χ4n) is 3.71. The van der Waals surface area contributed by atoms with Gasteiger partial charge in [0.25, 0.3) is 5.91 Å². The molecule has 31 heavy (non-hydrogen) atoms. The summed E-state index contributed by atoms with van der Waals surface area (Å²) >= 11 is 1.68. The number of carbonyl (C=O) groups excluding carboxylic acids is 1. The van der Waals surface area contributed by atoms with Crippen molar-refractivity contribution in [2.75, 3.05) is 31.1 Å². The van der Waals surface area contributed by atoms with Gasteiger partial charge in [-0.1, -0.05) is 23.5 Å². The molecule has 2 heterocycles. The molecule has 0 unspecified atom stereocenters. The Balaban J connectivity index is 1.48. The van der Waals surface area contributed by atoms with Crippen molar-refractivity contribution in [3.63, 3.8) is 0 Å². The number of sulfone groups is 1. The van der Waals surface area contributed by atoms with E-state index in [4.69, 9.17) is 4.98 Å². The molecule has 1 aromatic heterocycles. The van der Waals surface area contributed by atoms with Gasteiger partial charge in [-0.3, -0.25) is 4.79 Å². The molecule has 3 aromatic rings. The van der Waals surface area contributed by atoms with Crippen LogP contribution in [-0.4, -0.2) is 55.6 Å². The molecular formula is C23H27N3O3S2. The maximum absolute atomic E-state index is 13.0. The predicted molar refractivity (Wildman–Crippen MR) is 126 cm³/mol. The molecule has 1 amide bonds. The van der Waals surface area contributed by atoms with Crippen molar-refractivity contribution in [3.8, 4) is 0 Å². The monoisotopic (exact) mass is 457 g/mol. The van der Waals surface area contributed by atoms with Crippen LogP contribution in [0.15, 0.2) is 41.3 Å². The lowest BCUT2D eigenvalue weighted by Gasteiger charge is -2.34. The van der Waals surface area contributed by atoms with E-state index in [9.17, 15) is 13.2 Å². The number of nitrogens with zero attached hydrogens (tertiary/aromatic N) is 3. The van der Waals surface area contributed by atoms with Gasteiger partial charge in [0.15, 0.2) is 15.0 Å². The topological polar surface area (TPSA) is 70.6 Å². The molecule has 1 saturated heterocycles. The summed E-state index contributed by atoms with van der Waals surface area (Å²) in [5.41, 5.74) is 3.93. The Morgan fingerprint density at radius 2 is 1.77 bits per heavy atom. The normalized spacial score (nSPS) is 15.1. The Kier molecular flexibility index (Phi) is 5.79. The Labute approximate surface area is 187 Å². The minimum Gasteiger partial charge on any atom is -0.345 e. The van der Waals surface area contributed by atoms with Gasteiger partial charge in [0.2, 0.25) is 0 Å². The third-order valence-corrected chi connectivity index (χ3v) is 9.17. The summed E-state index contributed by atoms with van der Waals surface area (Å²) in [6.07, 6.45) is 0. The minimum absolute atomic E-state index is 0.128. The van der Waals surface area contributed by atoms with E-state index in [1.54, 1.807) is 48.3 Å². The zero-order valence-corrected chi connectivity index (χ0v) is 19.9. The summed E-state index contributed by atoms with van der Waals surface area (Å²) in [5.74, 6) is -0.128. The first-order valence-electron chi connectivity index (χ1n) is 10.4. The molecule has 0 bridgehead atoms. The molecule has 0 aliphatic carbocycles. The van der Waals surface area contributed by atoms with Gasteiger partial charge in [0.05, 0.1) is 20.4 Å². The lowest BCUT2D eigenvalue weighted by molar-refractivity contribution is 0.0746. The van der Waals surface area contributed by atoms with E-state index in [1.807, 2.05) is 0 Å². The fourth-order valence-corrected chi connectivity index (χ4v) is 5.89. The lowest BCUT2D eigenvalue weighted by Crippen LogP contribution is -2.48. The number of benzene rings is 2. The zero-order valence-electron chi connectivity index (χ0n) is 18.3. The van der Waals surface area contributed by atoms with Gasteiger partial charge in [0, 0.05) is 31.7 Å². The number of piperazine rings is 1. The van der Waals surface area contributed by atoms with Crippen LogP contribution in [0.2, 0.25) is 0 Å². The Bertz CT molecular complexity index is 1240. The van der Waals surface area contributed by atoms with E-state index in [1.165, 1.54) is 21.9 Å². The second kappa shape index (κ2) is 8.24. The summed E-state index contributed by atoms with van der Waals surface area (Å²) in [5, 5.41) is 0.462. The van der Waals surface area contributed by atoms with Crippen molar-refractivity contribution in [1.29, 1.82) is 0 Å². The number of rotatable bonds is 4. The SMILES string of the molecule is Cc1ccc2sc(N3CCN(C(=O)c4cccc(S(=O)(=O)C(C)C)c4)CC3)nc2c1C. The summed E-state index contributed by atoms with van der Waals surface area (Å²) in [6, 6.07) is 10.6. The number of anilines is 1. The van der Waals surface area contributed by atoms with E-state index >= 15 is 0 Å². The number of thiazole rings is 1. The first-order chi connectivity index (χ1) is 14.7. The molecule has 0 saturated carbocycles. The van der Waals surface area contributed by atoms with Gasteiger partial charge >= 0.3 is 0 Å². The van der Waals surface area contributed by atoms with Crippen molar-refractivity contribution in [2.45, 2.75) is 37.8 Å². The number of amides is 1. The van der Waals surface area contributed by atoms with Crippen molar-refractivity contribution in [3.05, 3.63) is 53.1 Å². The van der Waals surface area contributed by atoms with Gasteiger partial charge in [-0.05, 0) is 63.1 Å². The summed E-state index contributed by atoms with van der Waals surface area (Å²) < 4.78 is 26.1. The second-order valence-corrected chi connectivity index (χ2v) is 11.8. The number of aromatic nitrogens is 1. The van der Waals surface area contributed by atoms with Crippen LogP contribution in [0, 0.1) is 13.8 Å². The van der Waals surface area contributed by atoms with Crippen LogP contribution in [0.3, 0.4) is 0 Å². The molecule has 4 rings (SSSR count). The van der Waals surface area contributed by atoms with Crippen molar-refractivity contribution in [1.82, 2.24) is 9.88 Å². The van der Waals surface area contributed by atoms with Crippen LogP contribution in [0.1, 0.15) is 35.3 Å². The fraction of sp³-hybridized carbons (Fsp3) is 0.391. The van der Waals surface area contributed by atoms with E-state index in [2.05, 4.69) is 30.9 Å². The molecule has 1 fully saturated rings. The third-order valence-electron chi connectivity index (χ3n) is 5.94. The summed E-state index contributed by atoms with van der Waals surface area (Å²) in [4.78, 5) is 22.1. The Morgan fingerprint density at radius 1 is 1.06 bits per heavy atom. The minimum atomic E-state index is -3.41. The summed E-state index contributed by atoms with van der Waals surface area (Å²) in [7, 11) is -3.41. The van der Waals surface area contributed by atoms with E-state index in [0.29, 0.717) is 31.7 Å². The van der Waals surface area contributed by atoms with Crippen molar-refractivity contribution < 1.29 is 13.2 Å². The lowest BCUT2D eigenvalue weighted by atomic mass is 10.1. The van der Waals surface area contributed by atoms with E-state index < -0.39 is 15.1 Å². The van der Waals surface area contributed by atoms with Crippen LogP contribution in [-0.2, 0) is 9.84 Å². The van der Waals surface area contributed by atoms with E-state index in [-0.39, 0.29) is 10.8 Å². The maximum atomic E-state index is 13.0. The molecule has 0 spiro atoms. The standard InChI is InChI=1S/C23H27N3O3S2/c1-15(2)31(28,29)19-7-5-6-18(14-19)22(27)25-10-12-26(13-11-25)23-24-21-17(4)16(3)8-9-20(21)30-23/h5-9,14-15H,10-13H2,1-4H3. The quantitative estimate of drug-likeness (QED) is 0.591. The average molecular weight is 458 g/mol. The smallest absolute Gasteiger partial charge is 0.254 e. The maximum Gasteiger partial charge on any atom is 0.254 e. The first-order valence-corrected chi connectivity index (χ1v) is 12.8. The molecule has 1 aliphatic rings. The molecule has 8 heteroatoms. The van der Waals surface area contributed by atoms with Crippen molar-refractivity contribution >= 4 is 42.4 Å². The molecule has 0 N–H and O–H groups in total. The number of hydrogen-bond donors (Lipinski definition) is 0. The summed E-state index contributed by atoms with van der Waals surface area (Å²) in [6.45, 7) is 10.1. The van der Waals surface area contributed by atoms with Crippen LogP contribution < -0.4 is 4.90 Å². The molecule has 0 atom stereocenters. The van der Waals surface area contributed by atoms with Gasteiger partial charge in [-0.15, -0.1) is 0 Å². The average Bonchev–Trinajstić information content (AvgIpc) is 3.21. The van der Waals surface area contributed by atoms with Gasteiger partial charge in [0.1, 0.15) is 0 Å². The second-order valence-electron chi connectivity index (χ2n) is 8.25. The van der Waals surface area contributed by atoms with Crippen LogP contribution >= 0.6 is 11.3 Å². The molecule has 0 radical (unpaired) electrons. The third kappa shape index (κ3) is 4.06. The van der Waals surface area contributed by atoms with Gasteiger partial charge < -0.3 is 9.80 Å². The highest BCUT2D eigenvalue weighted by Gasteiger charge is 2.26. The van der Waals surface area contributed by atoms with Gasteiger partial charge in [-0.2, -0.15) is 0 Å². The predicted octanol–water partition coefficient (Wildman–Crippen LogP) is 4.06. The zero-order chi connectivity index (χ0) is 22.3. The Hall–Kier alpha value is -2.45. The highest BCUT2D eigenvalue weighted by molar-refractivity contribution is 7.92. The van der Waals surface area contributed by atoms with Crippen LogP contribution in [0.4, 0.5) is 5.13 Å². The first kappa shape index (κ1) is 21.8. The molecule has 1 aliphatic heterocycles. The number of carbonyl (C=O) groups is 1. The highest BCUT2D eigenvalue weighted by Crippen LogP contribution is 2.32. The largest absolute Gasteiger partial charge is 0.345 e. The molecule has 164 valence electrons. The van der Waals surface area contributed by atoms with Crippen LogP contribution in [0.25, 0.3) is 10.2 Å². The van der Waals surface area contributed by atoms with Gasteiger partial charge in [-0.25, -0.2) is 13.4 Å². The number of aryl methyl sites for hydroxylation is 2. The molecule has 6 nitrogen and oxygen atoms in total. The van der Waals surface area contributed by atoms with Crippen LogP contribution in [0.5, 0.6) is 0 Å². The highest BCUT2D eigenvalue weighted by atomic mass is 32.2. The van der Waals surface area contributed by atoms with E-state index in [0.717, 1.165) is 10.6 Å². The molecular weight excluding hydrogens is 430 g/mol. The molecule has 2 aromatic carbocycles. The number of hydrogen-bond acceptors (Lipinski definition) is 6. The number of fused-ring (bicyclic) bond motifs is 1.